The summed E-state index contributed by atoms with van der Waals surface area (Å²) in [5.74, 6) is -1.39. The van der Waals surface area contributed by atoms with Gasteiger partial charge >= 0.3 is 6.18 Å². The summed E-state index contributed by atoms with van der Waals surface area (Å²) in [7, 11) is 0. The summed E-state index contributed by atoms with van der Waals surface area (Å²) >= 11 is 0. The van der Waals surface area contributed by atoms with Crippen molar-refractivity contribution in [2.24, 2.45) is 0 Å². The number of rotatable bonds is 3. The number of halogens is 3. The minimum atomic E-state index is -4.85. The lowest BCUT2D eigenvalue weighted by Gasteiger charge is -2.02. The molecule has 0 saturated heterocycles. The molecule has 0 bridgehead atoms. The van der Waals surface area contributed by atoms with Crippen molar-refractivity contribution in [2.45, 2.75) is 12.7 Å². The second kappa shape index (κ2) is 4.59. The largest absolute Gasteiger partial charge is 0.454 e. The summed E-state index contributed by atoms with van der Waals surface area (Å²) in [4.78, 5) is 18.8. The van der Waals surface area contributed by atoms with E-state index in [-0.39, 0.29) is 6.54 Å². The normalized spacial score (nSPS) is 11.5. The zero-order chi connectivity index (χ0) is 13.2. The van der Waals surface area contributed by atoms with Crippen molar-refractivity contribution in [3.63, 3.8) is 0 Å². The van der Waals surface area contributed by atoms with Crippen LogP contribution < -0.4 is 0 Å². The predicted molar refractivity (Wildman–Crippen MR) is 56.0 cm³/mol. The lowest BCUT2D eigenvalue weighted by atomic mass is 10.2. The lowest BCUT2D eigenvalue weighted by molar-refractivity contribution is -0.0885. The molecule has 0 aliphatic rings. The van der Waals surface area contributed by atoms with Gasteiger partial charge in [-0.2, -0.15) is 13.2 Å². The number of nitrogens with zero attached hydrogens (tertiary/aromatic N) is 3. The van der Waals surface area contributed by atoms with E-state index in [1.807, 2.05) is 0 Å². The summed E-state index contributed by atoms with van der Waals surface area (Å²) in [6.07, 6.45) is 0.734. The van der Waals surface area contributed by atoms with Gasteiger partial charge in [0.2, 0.25) is 0 Å². The van der Waals surface area contributed by atoms with E-state index in [1.54, 1.807) is 6.07 Å². The van der Waals surface area contributed by atoms with Gasteiger partial charge in [0.05, 0.1) is 6.54 Å². The van der Waals surface area contributed by atoms with E-state index < -0.39 is 17.5 Å². The van der Waals surface area contributed by atoms with Gasteiger partial charge in [-0.15, -0.1) is 0 Å². The van der Waals surface area contributed by atoms with Crippen LogP contribution in [0.1, 0.15) is 16.2 Å². The fourth-order valence-electron chi connectivity index (χ4n) is 1.41. The van der Waals surface area contributed by atoms with Gasteiger partial charge in [-0.25, -0.2) is 9.97 Å². The standard InChI is InChI=1S/C11H8F3N3O/c12-11(13,14)10(18)8-2-5-17(6-8)7-9-15-3-1-4-16-9/h1-6H,7H2. The molecule has 0 atom stereocenters. The van der Waals surface area contributed by atoms with Crippen LogP contribution in [0, 0.1) is 0 Å². The van der Waals surface area contributed by atoms with Crippen LogP contribution in [0.15, 0.2) is 36.9 Å². The molecular weight excluding hydrogens is 247 g/mol. The van der Waals surface area contributed by atoms with Crippen LogP contribution in [0.3, 0.4) is 0 Å². The number of ketones is 1. The summed E-state index contributed by atoms with van der Waals surface area (Å²) < 4.78 is 38.0. The van der Waals surface area contributed by atoms with E-state index in [9.17, 15) is 18.0 Å². The number of aromatic nitrogens is 3. The first-order chi connectivity index (χ1) is 8.47. The van der Waals surface area contributed by atoms with Crippen molar-refractivity contribution in [1.29, 1.82) is 0 Å². The highest BCUT2D eigenvalue weighted by Crippen LogP contribution is 2.21. The van der Waals surface area contributed by atoms with E-state index in [4.69, 9.17) is 0 Å². The van der Waals surface area contributed by atoms with Gasteiger partial charge < -0.3 is 4.57 Å². The molecule has 4 nitrogen and oxygen atoms in total. The van der Waals surface area contributed by atoms with Crippen LogP contribution in [0.5, 0.6) is 0 Å². The Morgan fingerprint density at radius 1 is 1.28 bits per heavy atom. The maximum absolute atomic E-state index is 12.2. The molecule has 7 heteroatoms. The summed E-state index contributed by atoms with van der Waals surface area (Å²) in [6.45, 7) is 0.214. The van der Waals surface area contributed by atoms with Crippen LogP contribution in [0.25, 0.3) is 0 Å². The Bertz CT molecular complexity index is 548. The topological polar surface area (TPSA) is 47.8 Å². The third-order valence-corrected chi connectivity index (χ3v) is 2.21. The molecule has 0 saturated carbocycles. The summed E-state index contributed by atoms with van der Waals surface area (Å²) in [6, 6.07) is 2.76. The number of Topliss-reactive ketones (excluding diaryl/α,β-unsaturated/α-hetero) is 1. The minimum absolute atomic E-state index is 0.214. The predicted octanol–water partition coefficient (Wildman–Crippen LogP) is 2.07. The van der Waals surface area contributed by atoms with Crippen LogP contribution in [0.4, 0.5) is 13.2 Å². The van der Waals surface area contributed by atoms with E-state index in [2.05, 4.69) is 9.97 Å². The molecule has 0 aliphatic heterocycles. The van der Waals surface area contributed by atoms with E-state index in [0.29, 0.717) is 5.82 Å². The molecule has 0 unspecified atom stereocenters. The van der Waals surface area contributed by atoms with Crippen molar-refractivity contribution >= 4 is 5.78 Å². The smallest absolute Gasteiger partial charge is 0.346 e. The molecule has 0 radical (unpaired) electrons. The van der Waals surface area contributed by atoms with Gasteiger partial charge in [0.1, 0.15) is 5.82 Å². The molecule has 94 valence electrons. The Labute approximate surface area is 100 Å². The number of hydrogen-bond donors (Lipinski definition) is 0. The average molecular weight is 255 g/mol. The highest BCUT2D eigenvalue weighted by Gasteiger charge is 2.39. The molecule has 0 spiro atoms. The lowest BCUT2D eigenvalue weighted by Crippen LogP contribution is -2.22. The molecule has 0 aliphatic carbocycles. The molecule has 2 aromatic heterocycles. The van der Waals surface area contributed by atoms with Gasteiger partial charge in [0, 0.05) is 30.4 Å². The molecule has 2 heterocycles. The number of carbonyl (C=O) groups is 1. The van der Waals surface area contributed by atoms with Crippen LogP contribution in [0.2, 0.25) is 0 Å². The van der Waals surface area contributed by atoms with E-state index in [0.717, 1.165) is 12.3 Å². The molecule has 2 aromatic rings. The minimum Gasteiger partial charge on any atom is -0.346 e. The zero-order valence-corrected chi connectivity index (χ0v) is 9.05. The molecule has 18 heavy (non-hydrogen) atoms. The molecule has 0 N–H and O–H groups in total. The van der Waals surface area contributed by atoms with Crippen molar-refractivity contribution in [2.75, 3.05) is 0 Å². The first-order valence-corrected chi connectivity index (χ1v) is 5.00. The average Bonchev–Trinajstić information content (AvgIpc) is 2.76. The second-order valence-electron chi connectivity index (χ2n) is 3.56. The SMILES string of the molecule is O=C(c1ccn(Cc2ncccn2)c1)C(F)(F)F. The summed E-state index contributed by atoms with van der Waals surface area (Å²) in [5, 5.41) is 0. The third kappa shape index (κ3) is 2.73. The quantitative estimate of drug-likeness (QED) is 0.789. The van der Waals surface area contributed by atoms with Gasteiger partial charge in [0.25, 0.3) is 5.78 Å². The highest BCUT2D eigenvalue weighted by molar-refractivity contribution is 6.00. The van der Waals surface area contributed by atoms with Crippen LogP contribution in [-0.4, -0.2) is 26.5 Å². The Balaban J connectivity index is 2.14. The number of hydrogen-bond acceptors (Lipinski definition) is 3. The second-order valence-corrected chi connectivity index (χ2v) is 3.56. The van der Waals surface area contributed by atoms with Gasteiger partial charge in [-0.1, -0.05) is 0 Å². The Morgan fingerprint density at radius 3 is 2.56 bits per heavy atom. The fraction of sp³-hybridized carbons (Fsp3) is 0.182. The Kier molecular flexibility index (Phi) is 3.14. The number of carbonyl (C=O) groups excluding carboxylic acids is 1. The van der Waals surface area contributed by atoms with Gasteiger partial charge in [-0.3, -0.25) is 4.79 Å². The number of alkyl halides is 3. The van der Waals surface area contributed by atoms with Crippen molar-refractivity contribution < 1.29 is 18.0 Å². The molecule has 0 fully saturated rings. The Morgan fingerprint density at radius 2 is 1.94 bits per heavy atom. The first-order valence-electron chi connectivity index (χ1n) is 5.00. The van der Waals surface area contributed by atoms with Crippen molar-refractivity contribution in [3.05, 3.63) is 48.3 Å². The van der Waals surface area contributed by atoms with Gasteiger partial charge in [0.15, 0.2) is 0 Å². The van der Waals surface area contributed by atoms with Crippen molar-refractivity contribution in [3.8, 4) is 0 Å². The molecule has 0 aromatic carbocycles. The summed E-state index contributed by atoms with van der Waals surface area (Å²) in [5.41, 5.74) is -0.390. The molecular formula is C11H8F3N3O. The zero-order valence-electron chi connectivity index (χ0n) is 9.05. The monoisotopic (exact) mass is 255 g/mol. The Hall–Kier alpha value is -2.18. The third-order valence-electron chi connectivity index (χ3n) is 2.21. The van der Waals surface area contributed by atoms with Crippen LogP contribution >= 0.6 is 0 Å². The maximum Gasteiger partial charge on any atom is 0.454 e. The van der Waals surface area contributed by atoms with Gasteiger partial charge in [-0.05, 0) is 12.1 Å². The van der Waals surface area contributed by atoms with Crippen LogP contribution in [-0.2, 0) is 6.54 Å². The molecule has 0 amide bonds. The van der Waals surface area contributed by atoms with E-state index in [1.165, 1.54) is 23.2 Å². The first kappa shape index (κ1) is 12.3. The highest BCUT2D eigenvalue weighted by atomic mass is 19.4. The molecule has 2 rings (SSSR count). The maximum atomic E-state index is 12.2. The fourth-order valence-corrected chi connectivity index (χ4v) is 1.41. The van der Waals surface area contributed by atoms with Crippen molar-refractivity contribution in [1.82, 2.24) is 14.5 Å². The van der Waals surface area contributed by atoms with E-state index >= 15 is 0 Å².